The topological polar surface area (TPSA) is 75.2 Å². The molecule has 1 N–H and O–H groups in total. The lowest BCUT2D eigenvalue weighted by atomic mass is 10.00. The fourth-order valence-electron chi connectivity index (χ4n) is 4.08. The van der Waals surface area contributed by atoms with Gasteiger partial charge in [0.05, 0.1) is 0 Å². The summed E-state index contributed by atoms with van der Waals surface area (Å²) < 4.78 is 3.85. The highest BCUT2D eigenvalue weighted by atomic mass is 32.1. The summed E-state index contributed by atoms with van der Waals surface area (Å²) in [5.74, 6) is -0.514. The van der Waals surface area contributed by atoms with Crippen LogP contribution in [0.25, 0.3) is 0 Å². The smallest absolute Gasteiger partial charge is 0.280 e. The number of aromatic nitrogens is 2. The molecule has 7 heteroatoms. The lowest BCUT2D eigenvalue weighted by Crippen LogP contribution is -2.46. The quantitative estimate of drug-likeness (QED) is 0.615. The number of rotatable bonds is 6. The van der Waals surface area contributed by atoms with E-state index in [1.807, 2.05) is 62.4 Å². The molecular weight excluding hydrogens is 408 g/mol. The lowest BCUT2D eigenvalue weighted by molar-refractivity contribution is -0.123. The number of nitrogens with zero attached hydrogens (tertiary/aromatic N) is 3. The van der Waals surface area contributed by atoms with E-state index in [1.165, 1.54) is 0 Å². The molecule has 160 valence electrons. The molecule has 0 saturated heterocycles. The molecule has 3 aromatic rings. The van der Waals surface area contributed by atoms with Crippen molar-refractivity contribution in [2.24, 2.45) is 0 Å². The van der Waals surface area contributed by atoms with Crippen molar-refractivity contribution >= 4 is 29.0 Å². The standard InChI is InChI=1S/C24H26N4O2S/c1-16-10-12-20(13-11-16)28(24(30)21-15-31-27-26-21)22(18-7-5-6-17(2)14-18)23(29)25-19-8-3-4-9-19/h5-7,10-15,19,22H,3-4,8-9H2,1-2H3,(H,25,29)/t22-/m0/s1. The number of amides is 2. The van der Waals surface area contributed by atoms with E-state index in [4.69, 9.17) is 0 Å². The van der Waals surface area contributed by atoms with E-state index < -0.39 is 6.04 Å². The molecule has 31 heavy (non-hydrogen) atoms. The lowest BCUT2D eigenvalue weighted by Gasteiger charge is -2.32. The van der Waals surface area contributed by atoms with E-state index in [2.05, 4.69) is 14.9 Å². The van der Waals surface area contributed by atoms with Crippen LogP contribution in [0.1, 0.15) is 58.9 Å². The molecule has 0 aliphatic heterocycles. The SMILES string of the molecule is Cc1ccc(N(C(=O)c2csnn2)[C@H](C(=O)NC2CCCC2)c2cccc(C)c2)cc1. The molecule has 1 aliphatic carbocycles. The van der Waals surface area contributed by atoms with Crippen LogP contribution in [0.2, 0.25) is 0 Å². The molecule has 1 aliphatic rings. The molecule has 1 atom stereocenters. The molecule has 0 radical (unpaired) electrons. The maximum absolute atomic E-state index is 13.6. The third kappa shape index (κ3) is 4.82. The van der Waals surface area contributed by atoms with Gasteiger partial charge in [-0.05, 0) is 55.9 Å². The summed E-state index contributed by atoms with van der Waals surface area (Å²) in [6.45, 7) is 3.98. The van der Waals surface area contributed by atoms with E-state index in [0.717, 1.165) is 53.9 Å². The largest absolute Gasteiger partial charge is 0.351 e. The van der Waals surface area contributed by atoms with Crippen LogP contribution in [0.5, 0.6) is 0 Å². The second-order valence-electron chi connectivity index (χ2n) is 8.11. The highest BCUT2D eigenvalue weighted by Crippen LogP contribution is 2.31. The van der Waals surface area contributed by atoms with Crippen LogP contribution in [-0.4, -0.2) is 27.4 Å². The Morgan fingerprint density at radius 1 is 1.06 bits per heavy atom. The monoisotopic (exact) mass is 434 g/mol. The van der Waals surface area contributed by atoms with Gasteiger partial charge in [0, 0.05) is 17.1 Å². The Kier molecular flexibility index (Phi) is 6.42. The first-order chi connectivity index (χ1) is 15.0. The fraction of sp³-hybridized carbons (Fsp3) is 0.333. The van der Waals surface area contributed by atoms with Gasteiger partial charge in [0.25, 0.3) is 5.91 Å². The van der Waals surface area contributed by atoms with Crippen molar-refractivity contribution in [1.29, 1.82) is 0 Å². The average Bonchev–Trinajstić information content (AvgIpc) is 3.46. The molecule has 0 bridgehead atoms. The van der Waals surface area contributed by atoms with E-state index in [1.54, 1.807) is 10.3 Å². The van der Waals surface area contributed by atoms with Gasteiger partial charge in [-0.3, -0.25) is 14.5 Å². The minimum atomic E-state index is -0.808. The van der Waals surface area contributed by atoms with Crippen LogP contribution >= 0.6 is 11.5 Å². The Morgan fingerprint density at radius 3 is 2.45 bits per heavy atom. The predicted octanol–water partition coefficient (Wildman–Crippen LogP) is 4.60. The van der Waals surface area contributed by atoms with Crippen molar-refractivity contribution in [2.45, 2.75) is 51.6 Å². The highest BCUT2D eigenvalue weighted by molar-refractivity contribution is 7.03. The summed E-state index contributed by atoms with van der Waals surface area (Å²) in [7, 11) is 0. The molecule has 6 nitrogen and oxygen atoms in total. The van der Waals surface area contributed by atoms with Gasteiger partial charge in [0.15, 0.2) is 5.69 Å². The maximum atomic E-state index is 13.6. The first-order valence-electron chi connectivity index (χ1n) is 10.6. The first-order valence-corrected chi connectivity index (χ1v) is 11.4. The fourth-order valence-corrected chi connectivity index (χ4v) is 4.51. The van der Waals surface area contributed by atoms with Crippen molar-refractivity contribution in [2.75, 3.05) is 4.90 Å². The van der Waals surface area contributed by atoms with E-state index >= 15 is 0 Å². The molecule has 0 unspecified atom stereocenters. The Labute approximate surface area is 186 Å². The van der Waals surface area contributed by atoms with E-state index in [-0.39, 0.29) is 23.6 Å². The highest BCUT2D eigenvalue weighted by Gasteiger charge is 2.35. The van der Waals surface area contributed by atoms with Crippen LogP contribution in [0.4, 0.5) is 5.69 Å². The molecular formula is C24H26N4O2S. The zero-order valence-corrected chi connectivity index (χ0v) is 18.6. The second-order valence-corrected chi connectivity index (χ2v) is 8.72. The summed E-state index contributed by atoms with van der Waals surface area (Å²) in [6, 6.07) is 14.7. The molecule has 0 spiro atoms. The van der Waals surface area contributed by atoms with Crippen molar-refractivity contribution < 1.29 is 9.59 Å². The Balaban J connectivity index is 1.80. The summed E-state index contributed by atoms with van der Waals surface area (Å²) >= 11 is 1.12. The average molecular weight is 435 g/mol. The number of hydrogen-bond acceptors (Lipinski definition) is 5. The summed E-state index contributed by atoms with van der Waals surface area (Å²) in [5.41, 5.74) is 3.76. The van der Waals surface area contributed by atoms with E-state index in [0.29, 0.717) is 5.69 Å². The number of anilines is 1. The van der Waals surface area contributed by atoms with Crippen molar-refractivity contribution in [3.63, 3.8) is 0 Å². The normalized spacial score (nSPS) is 14.9. The van der Waals surface area contributed by atoms with Gasteiger partial charge in [-0.25, -0.2) is 0 Å². The van der Waals surface area contributed by atoms with Crippen molar-refractivity contribution in [3.05, 3.63) is 76.3 Å². The van der Waals surface area contributed by atoms with Crippen LogP contribution in [0, 0.1) is 13.8 Å². The third-order valence-corrected chi connectivity index (χ3v) is 6.18. The zero-order valence-electron chi connectivity index (χ0n) is 17.7. The molecule has 1 heterocycles. The number of aryl methyl sites for hydroxylation is 2. The first kappa shape index (κ1) is 21.2. The summed E-state index contributed by atoms with van der Waals surface area (Å²) in [4.78, 5) is 28.8. The van der Waals surface area contributed by atoms with Gasteiger partial charge in [-0.1, -0.05) is 64.9 Å². The van der Waals surface area contributed by atoms with Crippen LogP contribution in [0.3, 0.4) is 0 Å². The van der Waals surface area contributed by atoms with Crippen molar-refractivity contribution in [1.82, 2.24) is 14.9 Å². The van der Waals surface area contributed by atoms with Gasteiger partial charge < -0.3 is 5.32 Å². The molecule has 2 aromatic carbocycles. The zero-order chi connectivity index (χ0) is 21.8. The molecule has 2 amide bonds. The van der Waals surface area contributed by atoms with Gasteiger partial charge in [0.2, 0.25) is 5.91 Å². The van der Waals surface area contributed by atoms with E-state index in [9.17, 15) is 9.59 Å². The Bertz CT molecular complexity index is 1040. The molecule has 1 saturated carbocycles. The third-order valence-electron chi connectivity index (χ3n) is 5.68. The number of carbonyl (C=O) groups is 2. The molecule has 1 fully saturated rings. The van der Waals surface area contributed by atoms with Crippen LogP contribution in [0.15, 0.2) is 53.9 Å². The van der Waals surface area contributed by atoms with Crippen molar-refractivity contribution in [3.8, 4) is 0 Å². The van der Waals surface area contributed by atoms with Gasteiger partial charge >= 0.3 is 0 Å². The Hall–Kier alpha value is -3.06. The second kappa shape index (κ2) is 9.39. The predicted molar refractivity (Wildman–Crippen MR) is 122 cm³/mol. The number of carbonyl (C=O) groups excluding carboxylic acids is 2. The number of benzene rings is 2. The molecule has 4 rings (SSSR count). The summed E-state index contributed by atoms with van der Waals surface area (Å²) in [6.07, 6.45) is 4.18. The maximum Gasteiger partial charge on any atom is 0.280 e. The van der Waals surface area contributed by atoms with Gasteiger partial charge in [0.1, 0.15) is 6.04 Å². The van der Waals surface area contributed by atoms with Crippen LogP contribution in [-0.2, 0) is 4.79 Å². The van der Waals surface area contributed by atoms with Gasteiger partial charge in [-0.2, -0.15) is 0 Å². The minimum absolute atomic E-state index is 0.149. The Morgan fingerprint density at radius 2 is 1.81 bits per heavy atom. The van der Waals surface area contributed by atoms with Crippen LogP contribution < -0.4 is 10.2 Å². The van der Waals surface area contributed by atoms with Gasteiger partial charge in [-0.15, -0.1) is 5.10 Å². The number of hydrogen-bond donors (Lipinski definition) is 1. The number of nitrogens with one attached hydrogen (secondary N) is 1. The minimum Gasteiger partial charge on any atom is -0.351 e. The molecule has 1 aromatic heterocycles. The summed E-state index contributed by atoms with van der Waals surface area (Å²) in [5, 5.41) is 8.79.